The van der Waals surface area contributed by atoms with E-state index in [1.807, 2.05) is 11.4 Å². The molecule has 0 fully saturated rings. The van der Waals surface area contributed by atoms with Crippen molar-refractivity contribution < 1.29 is 8.42 Å². The number of sulfone groups is 1. The Morgan fingerprint density at radius 1 is 1.62 bits per heavy atom. The Bertz CT molecular complexity index is 383. The number of rotatable bonds is 3. The molecule has 2 nitrogen and oxygen atoms in total. The number of hydrogen-bond acceptors (Lipinski definition) is 3. The molecule has 1 atom stereocenters. The zero-order chi connectivity index (χ0) is 10.1. The van der Waals surface area contributed by atoms with E-state index in [4.69, 9.17) is 0 Å². The Morgan fingerprint density at radius 2 is 2.23 bits per heavy atom. The molecular formula is C7H8Br2O2S2. The second-order valence-corrected chi connectivity index (χ2v) is 7.78. The van der Waals surface area contributed by atoms with Gasteiger partial charge < -0.3 is 0 Å². The summed E-state index contributed by atoms with van der Waals surface area (Å²) < 4.78 is 23.0. The molecule has 1 rings (SSSR count). The first-order valence-electron chi connectivity index (χ1n) is 3.45. The maximum absolute atomic E-state index is 11.0. The number of hydrogen-bond donors (Lipinski definition) is 0. The minimum atomic E-state index is -2.93. The van der Waals surface area contributed by atoms with Gasteiger partial charge in [0.1, 0.15) is 9.84 Å². The minimum absolute atomic E-state index is 0.114. The zero-order valence-electron chi connectivity index (χ0n) is 6.83. The molecule has 0 N–H and O–H groups in total. The van der Waals surface area contributed by atoms with E-state index < -0.39 is 9.84 Å². The van der Waals surface area contributed by atoms with Gasteiger partial charge in [0.2, 0.25) is 0 Å². The van der Waals surface area contributed by atoms with Crippen LogP contribution in [0.1, 0.15) is 9.70 Å². The van der Waals surface area contributed by atoms with Gasteiger partial charge in [0.15, 0.2) is 0 Å². The molecule has 0 radical (unpaired) electrons. The van der Waals surface area contributed by atoms with Gasteiger partial charge in [0.25, 0.3) is 0 Å². The molecule has 1 aromatic rings. The third kappa shape index (κ3) is 3.69. The lowest BCUT2D eigenvalue weighted by molar-refractivity contribution is 0.601. The highest BCUT2D eigenvalue weighted by Crippen LogP contribution is 2.34. The van der Waals surface area contributed by atoms with Crippen molar-refractivity contribution in [2.45, 2.75) is 4.83 Å². The maximum atomic E-state index is 11.0. The first-order valence-corrected chi connectivity index (χ1v) is 8.10. The quantitative estimate of drug-likeness (QED) is 0.787. The lowest BCUT2D eigenvalue weighted by Crippen LogP contribution is -2.07. The highest BCUT2D eigenvalue weighted by Gasteiger charge is 2.17. The van der Waals surface area contributed by atoms with Crippen LogP contribution in [0.5, 0.6) is 0 Å². The second-order valence-electron chi connectivity index (χ2n) is 2.69. The fourth-order valence-corrected chi connectivity index (χ4v) is 5.62. The summed E-state index contributed by atoms with van der Waals surface area (Å²) >= 11 is 8.25. The average Bonchev–Trinajstić information content (AvgIpc) is 2.30. The predicted octanol–water partition coefficient (Wildman–Crippen LogP) is 2.99. The van der Waals surface area contributed by atoms with E-state index in [2.05, 4.69) is 31.9 Å². The Morgan fingerprint density at radius 3 is 2.62 bits per heavy atom. The molecular weight excluding hydrogens is 340 g/mol. The summed E-state index contributed by atoms with van der Waals surface area (Å²) in [6.45, 7) is 0. The monoisotopic (exact) mass is 346 g/mol. The van der Waals surface area contributed by atoms with E-state index in [1.165, 1.54) is 6.26 Å². The highest BCUT2D eigenvalue weighted by molar-refractivity contribution is 9.11. The smallest absolute Gasteiger partial charge is 0.148 e. The molecule has 0 amide bonds. The molecule has 13 heavy (non-hydrogen) atoms. The molecule has 6 heteroatoms. The van der Waals surface area contributed by atoms with Gasteiger partial charge in [-0.25, -0.2) is 8.42 Å². The molecule has 0 saturated carbocycles. The van der Waals surface area contributed by atoms with Crippen molar-refractivity contribution >= 4 is 53.0 Å². The summed E-state index contributed by atoms with van der Waals surface area (Å²) in [5.41, 5.74) is 0. The van der Waals surface area contributed by atoms with Crippen LogP contribution in [0.4, 0.5) is 0 Å². The summed E-state index contributed by atoms with van der Waals surface area (Å²) in [6.07, 6.45) is 1.24. The minimum Gasteiger partial charge on any atom is -0.229 e. The summed E-state index contributed by atoms with van der Waals surface area (Å²) in [6, 6.07) is 1.91. The van der Waals surface area contributed by atoms with Gasteiger partial charge in [0.05, 0.1) is 10.6 Å². The van der Waals surface area contributed by atoms with Crippen molar-refractivity contribution in [2.75, 3.05) is 12.0 Å². The Kier molecular flexibility index (Phi) is 3.97. The average molecular weight is 348 g/mol. The number of halogens is 2. The topological polar surface area (TPSA) is 34.1 Å². The van der Waals surface area contributed by atoms with Gasteiger partial charge >= 0.3 is 0 Å². The van der Waals surface area contributed by atoms with Crippen molar-refractivity contribution in [3.05, 3.63) is 20.8 Å². The van der Waals surface area contributed by atoms with Crippen molar-refractivity contribution in [1.82, 2.24) is 0 Å². The van der Waals surface area contributed by atoms with Crippen LogP contribution in [-0.2, 0) is 9.84 Å². The molecule has 0 aliphatic carbocycles. The van der Waals surface area contributed by atoms with Gasteiger partial charge in [-0.15, -0.1) is 11.3 Å². The Balaban J connectivity index is 2.81. The zero-order valence-corrected chi connectivity index (χ0v) is 11.6. The van der Waals surface area contributed by atoms with Crippen LogP contribution in [-0.4, -0.2) is 20.4 Å². The first-order chi connectivity index (χ1) is 5.90. The van der Waals surface area contributed by atoms with Gasteiger partial charge in [0, 0.05) is 15.6 Å². The molecule has 0 aliphatic heterocycles. The van der Waals surface area contributed by atoms with E-state index in [0.29, 0.717) is 0 Å². The van der Waals surface area contributed by atoms with Gasteiger partial charge in [-0.1, -0.05) is 15.9 Å². The molecule has 0 spiro atoms. The molecule has 0 aliphatic rings. The third-order valence-electron chi connectivity index (χ3n) is 1.38. The third-order valence-corrected chi connectivity index (χ3v) is 5.81. The van der Waals surface area contributed by atoms with Gasteiger partial charge in [-0.05, 0) is 27.4 Å². The SMILES string of the molecule is CS(=O)(=O)CC(Br)c1sccc1Br. The van der Waals surface area contributed by atoms with Crippen molar-refractivity contribution in [1.29, 1.82) is 0 Å². The number of thiophene rings is 1. The maximum Gasteiger partial charge on any atom is 0.148 e. The number of alkyl halides is 1. The Hall–Kier alpha value is 0.610. The second kappa shape index (κ2) is 4.42. The molecule has 0 bridgehead atoms. The van der Waals surface area contributed by atoms with Crippen LogP contribution < -0.4 is 0 Å². The predicted molar refractivity (Wildman–Crippen MR) is 63.4 cm³/mol. The van der Waals surface area contributed by atoms with E-state index in [0.717, 1.165) is 9.35 Å². The van der Waals surface area contributed by atoms with Crippen LogP contribution in [0.3, 0.4) is 0 Å². The molecule has 1 aromatic heterocycles. The molecule has 0 aromatic carbocycles. The van der Waals surface area contributed by atoms with Crippen molar-refractivity contribution in [3.8, 4) is 0 Å². The van der Waals surface area contributed by atoms with Crippen LogP contribution in [0.15, 0.2) is 15.9 Å². The largest absolute Gasteiger partial charge is 0.229 e. The van der Waals surface area contributed by atoms with Crippen LogP contribution >= 0.6 is 43.2 Å². The Labute approximate surface area is 98.5 Å². The summed E-state index contributed by atoms with van der Waals surface area (Å²) in [7, 11) is -2.93. The van der Waals surface area contributed by atoms with Crippen LogP contribution in [0.25, 0.3) is 0 Å². The molecule has 0 saturated heterocycles. The van der Waals surface area contributed by atoms with E-state index in [-0.39, 0.29) is 10.6 Å². The lowest BCUT2D eigenvalue weighted by atomic mass is 10.4. The van der Waals surface area contributed by atoms with Crippen LogP contribution in [0.2, 0.25) is 0 Å². The van der Waals surface area contributed by atoms with Gasteiger partial charge in [-0.3, -0.25) is 0 Å². The summed E-state index contributed by atoms with van der Waals surface area (Å²) in [5, 5.41) is 1.93. The standard InChI is InChI=1S/C7H8Br2O2S2/c1-13(10,11)4-6(9)7-5(8)2-3-12-7/h2-3,6H,4H2,1H3. The summed E-state index contributed by atoms with van der Waals surface area (Å²) in [5.74, 6) is 0.131. The van der Waals surface area contributed by atoms with E-state index >= 15 is 0 Å². The fourth-order valence-electron chi connectivity index (χ4n) is 0.870. The van der Waals surface area contributed by atoms with Crippen molar-refractivity contribution in [2.24, 2.45) is 0 Å². The van der Waals surface area contributed by atoms with E-state index in [9.17, 15) is 8.42 Å². The molecule has 74 valence electrons. The highest BCUT2D eigenvalue weighted by atomic mass is 79.9. The van der Waals surface area contributed by atoms with Crippen molar-refractivity contribution in [3.63, 3.8) is 0 Å². The lowest BCUT2D eigenvalue weighted by Gasteiger charge is -2.06. The first kappa shape index (κ1) is 11.7. The van der Waals surface area contributed by atoms with E-state index in [1.54, 1.807) is 11.3 Å². The summed E-state index contributed by atoms with van der Waals surface area (Å²) in [4.78, 5) is 0.905. The van der Waals surface area contributed by atoms with Crippen LogP contribution in [0, 0.1) is 0 Å². The molecule has 1 unspecified atom stereocenters. The van der Waals surface area contributed by atoms with Gasteiger partial charge in [-0.2, -0.15) is 0 Å². The normalized spacial score (nSPS) is 14.4. The molecule has 1 heterocycles. The fraction of sp³-hybridized carbons (Fsp3) is 0.429.